The number of nitrogens with zero attached hydrogens (tertiary/aromatic N) is 2. The molecule has 0 spiro atoms. The Labute approximate surface area is 125 Å². The second kappa shape index (κ2) is 5.69. The van der Waals surface area contributed by atoms with Crippen molar-refractivity contribution in [1.82, 2.24) is 15.2 Å². The summed E-state index contributed by atoms with van der Waals surface area (Å²) in [7, 11) is 0. The molecular weight excluding hydrogens is 290 g/mol. The predicted octanol–water partition coefficient (Wildman–Crippen LogP) is 1.67. The van der Waals surface area contributed by atoms with Crippen LogP contribution in [0.4, 0.5) is 0 Å². The molecule has 2 aromatic rings. The van der Waals surface area contributed by atoms with Gasteiger partial charge in [0.1, 0.15) is 5.69 Å². The van der Waals surface area contributed by atoms with E-state index in [-0.39, 0.29) is 18.4 Å². The van der Waals surface area contributed by atoms with Gasteiger partial charge in [-0.05, 0) is 25.5 Å². The Bertz CT molecular complexity index is 663. The van der Waals surface area contributed by atoms with Gasteiger partial charge in [-0.25, -0.2) is 4.98 Å². The van der Waals surface area contributed by atoms with E-state index in [0.29, 0.717) is 29.6 Å². The van der Waals surface area contributed by atoms with E-state index in [9.17, 15) is 9.59 Å². The molecule has 110 valence electrons. The van der Waals surface area contributed by atoms with Crippen molar-refractivity contribution in [3.63, 3.8) is 0 Å². The smallest absolute Gasteiger partial charge is 0.274 e. The summed E-state index contributed by atoms with van der Waals surface area (Å²) in [5, 5.41) is 3.44. The molecule has 0 saturated carbocycles. The average Bonchev–Trinajstić information content (AvgIpc) is 3.05. The molecule has 1 fully saturated rings. The number of nitrogens with one attached hydrogen (secondary N) is 1. The van der Waals surface area contributed by atoms with Crippen molar-refractivity contribution < 1.29 is 14.0 Å². The number of carbonyl (C=O) groups is 2. The number of hydrogen-bond acceptors (Lipinski definition) is 5. The summed E-state index contributed by atoms with van der Waals surface area (Å²) in [6, 6.07) is 3.60. The van der Waals surface area contributed by atoms with Gasteiger partial charge in [-0.15, -0.1) is 11.3 Å². The van der Waals surface area contributed by atoms with Crippen LogP contribution in [-0.2, 0) is 4.79 Å². The fourth-order valence-electron chi connectivity index (χ4n) is 2.23. The zero-order valence-corrected chi connectivity index (χ0v) is 12.4. The number of rotatable bonds is 2. The van der Waals surface area contributed by atoms with Crippen molar-refractivity contribution in [2.24, 2.45) is 0 Å². The third kappa shape index (κ3) is 2.82. The Morgan fingerprint density at radius 2 is 2.38 bits per heavy atom. The van der Waals surface area contributed by atoms with Gasteiger partial charge in [0.25, 0.3) is 5.91 Å². The minimum absolute atomic E-state index is 0.0892. The number of amides is 2. The first-order valence-corrected chi connectivity index (χ1v) is 7.54. The van der Waals surface area contributed by atoms with E-state index in [1.165, 1.54) is 11.3 Å². The maximum atomic E-state index is 12.6. The van der Waals surface area contributed by atoms with E-state index in [1.54, 1.807) is 17.2 Å². The fraction of sp³-hybridized carbons (Fsp3) is 0.357. The molecule has 1 saturated heterocycles. The van der Waals surface area contributed by atoms with Crippen LogP contribution in [0.2, 0.25) is 0 Å². The van der Waals surface area contributed by atoms with E-state index in [2.05, 4.69) is 10.3 Å². The van der Waals surface area contributed by atoms with Crippen LogP contribution in [0.15, 0.2) is 22.8 Å². The maximum absolute atomic E-state index is 12.6. The Kier molecular flexibility index (Phi) is 3.74. The number of aromatic nitrogens is 1. The number of carbonyl (C=O) groups excluding carboxylic acids is 2. The van der Waals surface area contributed by atoms with Crippen LogP contribution in [-0.4, -0.2) is 41.3 Å². The summed E-state index contributed by atoms with van der Waals surface area (Å²) in [4.78, 5) is 30.9. The van der Waals surface area contributed by atoms with Crippen LogP contribution < -0.4 is 5.32 Å². The van der Waals surface area contributed by atoms with Gasteiger partial charge >= 0.3 is 0 Å². The minimum Gasteiger partial charge on any atom is -0.462 e. The molecule has 0 aliphatic carbocycles. The van der Waals surface area contributed by atoms with Crippen LogP contribution in [0.1, 0.15) is 21.8 Å². The first-order valence-electron chi connectivity index (χ1n) is 6.72. The lowest BCUT2D eigenvalue weighted by Gasteiger charge is -2.17. The molecule has 2 aromatic heterocycles. The van der Waals surface area contributed by atoms with Gasteiger partial charge in [-0.2, -0.15) is 0 Å². The second-order valence-corrected chi connectivity index (χ2v) is 6.03. The lowest BCUT2D eigenvalue weighted by Crippen LogP contribution is -2.37. The first kappa shape index (κ1) is 13.8. The van der Waals surface area contributed by atoms with Gasteiger partial charge in [0.2, 0.25) is 5.91 Å². The van der Waals surface area contributed by atoms with E-state index in [0.717, 1.165) is 11.3 Å². The molecule has 1 aliphatic heterocycles. The summed E-state index contributed by atoms with van der Waals surface area (Å²) in [6.45, 7) is 3.11. The fourth-order valence-corrected chi connectivity index (χ4v) is 3.10. The highest BCUT2D eigenvalue weighted by molar-refractivity contribution is 7.15. The van der Waals surface area contributed by atoms with Gasteiger partial charge in [-0.3, -0.25) is 9.59 Å². The van der Waals surface area contributed by atoms with Crippen LogP contribution in [0.25, 0.3) is 10.8 Å². The van der Waals surface area contributed by atoms with Crippen LogP contribution >= 0.6 is 11.3 Å². The van der Waals surface area contributed by atoms with E-state index >= 15 is 0 Å². The van der Waals surface area contributed by atoms with Crippen LogP contribution in [0, 0.1) is 6.92 Å². The highest BCUT2D eigenvalue weighted by Gasteiger charge is 2.25. The Morgan fingerprint density at radius 1 is 1.52 bits per heavy atom. The molecule has 2 amide bonds. The molecule has 0 radical (unpaired) electrons. The molecular formula is C14H15N3O3S. The molecule has 0 aromatic carbocycles. The number of thiazole rings is 1. The van der Waals surface area contributed by atoms with E-state index in [4.69, 9.17) is 4.42 Å². The van der Waals surface area contributed by atoms with Crippen LogP contribution in [0.3, 0.4) is 0 Å². The topological polar surface area (TPSA) is 75.4 Å². The zero-order chi connectivity index (χ0) is 14.8. The highest BCUT2D eigenvalue weighted by Crippen LogP contribution is 2.28. The molecule has 1 N–H and O–H groups in total. The predicted molar refractivity (Wildman–Crippen MR) is 78.1 cm³/mol. The summed E-state index contributed by atoms with van der Waals surface area (Å²) < 4.78 is 5.31. The molecule has 7 heteroatoms. The quantitative estimate of drug-likeness (QED) is 0.916. The van der Waals surface area contributed by atoms with Crippen molar-refractivity contribution in [1.29, 1.82) is 0 Å². The molecule has 0 unspecified atom stereocenters. The molecule has 3 rings (SSSR count). The standard InChI is InChI=1S/C14H15N3O3S/c1-9-12(16-13(21-9)10-4-2-7-20-10)14(19)17-6-3-5-15-11(18)8-17/h2,4,7H,3,5-6,8H2,1H3,(H,15,18). The van der Waals surface area contributed by atoms with E-state index in [1.807, 2.05) is 13.0 Å². The average molecular weight is 305 g/mol. The number of hydrogen-bond donors (Lipinski definition) is 1. The molecule has 0 bridgehead atoms. The summed E-state index contributed by atoms with van der Waals surface area (Å²) in [5.41, 5.74) is 0.404. The molecule has 6 nitrogen and oxygen atoms in total. The second-order valence-electron chi connectivity index (χ2n) is 4.83. The van der Waals surface area contributed by atoms with Gasteiger partial charge in [0, 0.05) is 18.0 Å². The minimum atomic E-state index is -0.196. The Morgan fingerprint density at radius 3 is 3.14 bits per heavy atom. The van der Waals surface area contributed by atoms with Gasteiger partial charge in [-0.1, -0.05) is 0 Å². The van der Waals surface area contributed by atoms with Crippen molar-refractivity contribution >= 4 is 23.2 Å². The van der Waals surface area contributed by atoms with Crippen molar-refractivity contribution in [3.8, 4) is 10.8 Å². The molecule has 0 atom stereocenters. The SMILES string of the molecule is Cc1sc(-c2ccco2)nc1C(=O)N1CCCNC(=O)C1. The number of furan rings is 1. The van der Waals surface area contributed by atoms with E-state index < -0.39 is 0 Å². The highest BCUT2D eigenvalue weighted by atomic mass is 32.1. The maximum Gasteiger partial charge on any atom is 0.274 e. The third-order valence-corrected chi connectivity index (χ3v) is 4.27. The van der Waals surface area contributed by atoms with Gasteiger partial charge in [0.05, 0.1) is 12.8 Å². The van der Waals surface area contributed by atoms with Crippen LogP contribution in [0.5, 0.6) is 0 Å². The molecule has 21 heavy (non-hydrogen) atoms. The summed E-state index contributed by atoms with van der Waals surface area (Å²) in [5.74, 6) is 0.328. The van der Waals surface area contributed by atoms with Crippen molar-refractivity contribution in [3.05, 3.63) is 29.0 Å². The van der Waals surface area contributed by atoms with Crippen molar-refractivity contribution in [2.75, 3.05) is 19.6 Å². The number of aryl methyl sites for hydroxylation is 1. The largest absolute Gasteiger partial charge is 0.462 e. The molecule has 1 aliphatic rings. The normalized spacial score (nSPS) is 15.7. The van der Waals surface area contributed by atoms with Gasteiger partial charge in [0.15, 0.2) is 10.8 Å². The van der Waals surface area contributed by atoms with Gasteiger partial charge < -0.3 is 14.6 Å². The lowest BCUT2D eigenvalue weighted by molar-refractivity contribution is -0.121. The third-order valence-electron chi connectivity index (χ3n) is 3.28. The van der Waals surface area contributed by atoms with Crippen molar-refractivity contribution in [2.45, 2.75) is 13.3 Å². The summed E-state index contributed by atoms with van der Waals surface area (Å²) >= 11 is 1.42. The molecule has 3 heterocycles. The summed E-state index contributed by atoms with van der Waals surface area (Å²) in [6.07, 6.45) is 2.33. The lowest BCUT2D eigenvalue weighted by atomic mass is 10.3. The first-order chi connectivity index (χ1) is 10.1. The Balaban J connectivity index is 1.86. The zero-order valence-electron chi connectivity index (χ0n) is 11.6. The monoisotopic (exact) mass is 305 g/mol. The Hall–Kier alpha value is -2.15.